The smallest absolute Gasteiger partial charge is 0.123 e. The van der Waals surface area contributed by atoms with E-state index >= 15 is 0 Å². The molecule has 3 N–H and O–H groups in total. The number of benzene rings is 6. The van der Waals surface area contributed by atoms with Gasteiger partial charge in [-0.15, -0.1) is 0 Å². The van der Waals surface area contributed by atoms with Crippen LogP contribution >= 0.6 is 0 Å². The SMILES string of the molecule is N.c1ccc(COc2ccccc2CC(Cc2ccccc2OCc2ccccc2)c2ccccc2OCc2ccccc2)cc1. The maximum absolute atomic E-state index is 6.49. The zero-order valence-corrected chi connectivity index (χ0v) is 26.1. The maximum atomic E-state index is 6.49. The first kappa shape index (κ1) is 32.1. The molecule has 0 bridgehead atoms. The van der Waals surface area contributed by atoms with Crippen LogP contribution in [0.15, 0.2) is 164 Å². The summed E-state index contributed by atoms with van der Waals surface area (Å²) in [7, 11) is 0. The quantitative estimate of drug-likeness (QED) is 0.134. The molecule has 0 fully saturated rings. The first-order valence-corrected chi connectivity index (χ1v) is 15.6. The zero-order valence-electron chi connectivity index (χ0n) is 26.1. The largest absolute Gasteiger partial charge is 0.489 e. The molecule has 0 aliphatic heterocycles. The van der Waals surface area contributed by atoms with E-state index in [1.54, 1.807) is 0 Å². The van der Waals surface area contributed by atoms with Gasteiger partial charge in [-0.2, -0.15) is 0 Å². The van der Waals surface area contributed by atoms with E-state index in [2.05, 4.69) is 97.1 Å². The van der Waals surface area contributed by atoms with Gasteiger partial charge in [-0.1, -0.05) is 146 Å². The summed E-state index contributed by atoms with van der Waals surface area (Å²) in [6.45, 7) is 1.56. The summed E-state index contributed by atoms with van der Waals surface area (Å²) >= 11 is 0. The van der Waals surface area contributed by atoms with Crippen LogP contribution in [-0.2, 0) is 32.7 Å². The highest BCUT2D eigenvalue weighted by molar-refractivity contribution is 5.43. The third-order valence-electron chi connectivity index (χ3n) is 7.95. The van der Waals surface area contributed by atoms with Crippen LogP contribution in [0.1, 0.15) is 39.3 Å². The van der Waals surface area contributed by atoms with Crippen molar-refractivity contribution in [2.45, 2.75) is 38.6 Å². The Kier molecular flexibility index (Phi) is 11.6. The van der Waals surface area contributed by atoms with Crippen LogP contribution < -0.4 is 20.4 Å². The Morgan fingerprint density at radius 3 is 1.11 bits per heavy atom. The first-order valence-electron chi connectivity index (χ1n) is 15.6. The van der Waals surface area contributed by atoms with Crippen LogP contribution in [0, 0.1) is 0 Å². The van der Waals surface area contributed by atoms with Crippen LogP contribution in [0.3, 0.4) is 0 Å². The third-order valence-corrected chi connectivity index (χ3v) is 7.95. The Morgan fingerprint density at radius 2 is 0.674 bits per heavy atom. The van der Waals surface area contributed by atoms with Gasteiger partial charge in [0.15, 0.2) is 0 Å². The lowest BCUT2D eigenvalue weighted by Gasteiger charge is -2.23. The average molecular weight is 608 g/mol. The van der Waals surface area contributed by atoms with Gasteiger partial charge in [0.2, 0.25) is 0 Å². The summed E-state index contributed by atoms with van der Waals surface area (Å²) in [4.78, 5) is 0. The molecule has 0 aliphatic rings. The molecule has 0 spiro atoms. The van der Waals surface area contributed by atoms with Gasteiger partial charge in [0.1, 0.15) is 37.1 Å². The molecule has 0 aliphatic carbocycles. The van der Waals surface area contributed by atoms with E-state index < -0.39 is 0 Å². The van der Waals surface area contributed by atoms with E-state index in [1.807, 2.05) is 66.7 Å². The van der Waals surface area contributed by atoms with E-state index in [0.29, 0.717) is 19.8 Å². The monoisotopic (exact) mass is 607 g/mol. The molecule has 0 heterocycles. The molecule has 6 aromatic carbocycles. The molecule has 4 nitrogen and oxygen atoms in total. The predicted molar refractivity (Wildman–Crippen MR) is 187 cm³/mol. The molecule has 0 amide bonds. The Labute approximate surface area is 272 Å². The summed E-state index contributed by atoms with van der Waals surface area (Å²) in [6, 6.07) is 56.2. The van der Waals surface area contributed by atoms with Crippen LogP contribution in [0.5, 0.6) is 17.2 Å². The molecule has 0 aromatic heterocycles. The Morgan fingerprint density at radius 1 is 0.348 bits per heavy atom. The molecule has 0 unspecified atom stereocenters. The minimum absolute atomic E-state index is 0. The fourth-order valence-electron chi connectivity index (χ4n) is 5.60. The molecule has 6 aromatic rings. The van der Waals surface area contributed by atoms with E-state index in [1.165, 1.54) is 16.7 Å². The van der Waals surface area contributed by atoms with E-state index in [0.717, 1.165) is 46.8 Å². The Hall–Kier alpha value is -5.32. The predicted octanol–water partition coefficient (Wildman–Crippen LogP) is 10.2. The molecule has 232 valence electrons. The fourth-order valence-corrected chi connectivity index (χ4v) is 5.60. The van der Waals surface area contributed by atoms with Crippen molar-refractivity contribution >= 4 is 0 Å². The van der Waals surface area contributed by atoms with E-state index in [-0.39, 0.29) is 12.1 Å². The van der Waals surface area contributed by atoms with Crippen molar-refractivity contribution in [2.24, 2.45) is 0 Å². The van der Waals surface area contributed by atoms with Crippen LogP contribution in [0.25, 0.3) is 0 Å². The van der Waals surface area contributed by atoms with Crippen LogP contribution in [0.2, 0.25) is 0 Å². The molecular formula is C42H41NO3. The minimum Gasteiger partial charge on any atom is -0.489 e. The summed E-state index contributed by atoms with van der Waals surface area (Å²) in [5, 5.41) is 0. The van der Waals surface area contributed by atoms with Crippen molar-refractivity contribution in [1.29, 1.82) is 0 Å². The number of hydrogen-bond donors (Lipinski definition) is 1. The van der Waals surface area contributed by atoms with Gasteiger partial charge in [-0.05, 0) is 70.3 Å². The number of rotatable bonds is 14. The average Bonchev–Trinajstić information content (AvgIpc) is 3.11. The maximum Gasteiger partial charge on any atom is 0.123 e. The van der Waals surface area contributed by atoms with Crippen molar-refractivity contribution in [3.05, 3.63) is 197 Å². The minimum atomic E-state index is 0. The lowest BCUT2D eigenvalue weighted by Crippen LogP contribution is -2.11. The van der Waals surface area contributed by atoms with Gasteiger partial charge in [0.25, 0.3) is 0 Å². The second-order valence-electron chi connectivity index (χ2n) is 11.2. The van der Waals surface area contributed by atoms with Crippen molar-refractivity contribution < 1.29 is 14.2 Å². The second-order valence-corrected chi connectivity index (χ2v) is 11.2. The van der Waals surface area contributed by atoms with Crippen LogP contribution in [0.4, 0.5) is 0 Å². The standard InChI is InChI=1S/C42H38O3.H3N/c1-4-16-33(17-5-1)30-43-40-25-13-10-22-36(40)28-38(39-24-12-15-27-42(39)45-32-35-20-8-3-9-21-35)29-37-23-11-14-26-41(37)44-31-34-18-6-2-7-19-34;/h1-27,38H,28-32H2;1H3. The summed E-state index contributed by atoms with van der Waals surface area (Å²) in [5.74, 6) is 2.82. The Bertz CT molecular complexity index is 1670. The lowest BCUT2D eigenvalue weighted by molar-refractivity contribution is 0.295. The second kappa shape index (κ2) is 16.7. The number of ether oxygens (including phenoxy) is 3. The molecule has 0 radical (unpaired) electrons. The van der Waals surface area contributed by atoms with E-state index in [4.69, 9.17) is 14.2 Å². The van der Waals surface area contributed by atoms with Gasteiger partial charge in [-0.3, -0.25) is 0 Å². The molecular weight excluding hydrogens is 566 g/mol. The molecule has 0 saturated carbocycles. The van der Waals surface area contributed by atoms with Crippen molar-refractivity contribution in [2.75, 3.05) is 0 Å². The lowest BCUT2D eigenvalue weighted by atomic mass is 9.85. The van der Waals surface area contributed by atoms with Gasteiger partial charge in [-0.25, -0.2) is 0 Å². The first-order chi connectivity index (χ1) is 22.3. The highest BCUT2D eigenvalue weighted by atomic mass is 16.5. The molecule has 6 rings (SSSR count). The molecule has 0 atom stereocenters. The van der Waals surface area contributed by atoms with Crippen molar-refractivity contribution in [3.8, 4) is 17.2 Å². The van der Waals surface area contributed by atoms with Crippen molar-refractivity contribution in [1.82, 2.24) is 6.15 Å². The summed E-state index contributed by atoms with van der Waals surface area (Å²) in [6.07, 6.45) is 1.56. The topological polar surface area (TPSA) is 62.7 Å². The van der Waals surface area contributed by atoms with Crippen molar-refractivity contribution in [3.63, 3.8) is 0 Å². The molecule has 0 saturated heterocycles. The van der Waals surface area contributed by atoms with E-state index in [9.17, 15) is 0 Å². The summed E-state index contributed by atoms with van der Waals surface area (Å²) < 4.78 is 19.3. The molecule has 46 heavy (non-hydrogen) atoms. The fraction of sp³-hybridized carbons (Fsp3) is 0.143. The number of para-hydroxylation sites is 3. The summed E-state index contributed by atoms with van der Waals surface area (Å²) in [5.41, 5.74) is 6.94. The van der Waals surface area contributed by atoms with Crippen LogP contribution in [-0.4, -0.2) is 0 Å². The third kappa shape index (κ3) is 8.87. The molecule has 4 heteroatoms. The zero-order chi connectivity index (χ0) is 30.5. The van der Waals surface area contributed by atoms with Gasteiger partial charge >= 0.3 is 0 Å². The van der Waals surface area contributed by atoms with Gasteiger partial charge in [0, 0.05) is 0 Å². The Balaban J connectivity index is 0.00000417. The highest BCUT2D eigenvalue weighted by Crippen LogP contribution is 2.37. The number of hydrogen-bond acceptors (Lipinski definition) is 4. The van der Waals surface area contributed by atoms with Gasteiger partial charge in [0.05, 0.1) is 0 Å². The normalized spacial score (nSPS) is 10.6. The highest BCUT2D eigenvalue weighted by Gasteiger charge is 2.21. The van der Waals surface area contributed by atoms with Gasteiger partial charge < -0.3 is 20.4 Å².